The average molecular weight is 652 g/mol. The molecule has 0 aromatic heterocycles. The predicted octanol–water partition coefficient (Wildman–Crippen LogP) is 8.86. The Kier molecular flexibility index (Phi) is 5.92. The summed E-state index contributed by atoms with van der Waals surface area (Å²) in [4.78, 5) is 59.7. The summed E-state index contributed by atoms with van der Waals surface area (Å²) in [5.74, 6) is -1.31. The van der Waals surface area contributed by atoms with Crippen molar-refractivity contribution in [1.29, 1.82) is 0 Å². The molecule has 4 amide bonds. The van der Waals surface area contributed by atoms with Gasteiger partial charge >= 0.3 is 0 Å². The van der Waals surface area contributed by atoms with Gasteiger partial charge in [0.15, 0.2) is 0 Å². The van der Waals surface area contributed by atoms with Crippen molar-refractivity contribution in [3.8, 4) is 0 Å². The average Bonchev–Trinajstić information content (AvgIpc) is 3.16. The molecule has 0 unspecified atom stereocenters. The first-order valence-corrected chi connectivity index (χ1v) is 17.0. The minimum Gasteiger partial charge on any atom is -0.315 e. The van der Waals surface area contributed by atoms with Crippen LogP contribution in [0.25, 0.3) is 43.1 Å². The molecule has 0 fully saturated rings. The second kappa shape index (κ2) is 10.3. The van der Waals surface area contributed by atoms with Gasteiger partial charge in [0.2, 0.25) is 0 Å². The number of benzene rings is 6. The third-order valence-electron chi connectivity index (χ3n) is 10.8. The highest BCUT2D eigenvalue weighted by atomic mass is 16.2. The molecule has 7 heteroatoms. The van der Waals surface area contributed by atoms with E-state index in [2.05, 4.69) is 35.3 Å². The van der Waals surface area contributed by atoms with Gasteiger partial charge in [-0.15, -0.1) is 0 Å². The van der Waals surface area contributed by atoms with E-state index in [4.69, 9.17) is 0 Å². The van der Waals surface area contributed by atoms with Gasteiger partial charge in [-0.1, -0.05) is 54.6 Å². The Labute approximate surface area is 287 Å². The van der Waals surface area contributed by atoms with Crippen LogP contribution < -0.4 is 4.90 Å². The van der Waals surface area contributed by atoms with Gasteiger partial charge in [-0.05, 0) is 113 Å². The lowest BCUT2D eigenvalue weighted by molar-refractivity contribution is 0.0637. The number of carbonyl (C=O) groups is 4. The zero-order chi connectivity index (χ0) is 33.8. The lowest BCUT2D eigenvalue weighted by Gasteiger charge is -2.34. The fourth-order valence-corrected chi connectivity index (χ4v) is 8.46. The summed E-state index contributed by atoms with van der Waals surface area (Å²) in [6.45, 7) is 0. The molecule has 10 rings (SSSR count). The number of nitrogens with zero attached hydrogens (tertiary/aromatic N) is 3. The van der Waals surface area contributed by atoms with Gasteiger partial charge in [-0.2, -0.15) is 0 Å². The molecule has 0 saturated carbocycles. The molecule has 0 radical (unpaired) electrons. The molecule has 0 N–H and O–H groups in total. The van der Waals surface area contributed by atoms with Gasteiger partial charge in [0, 0.05) is 62.9 Å². The molecule has 6 aromatic rings. The Bertz CT molecular complexity index is 2580. The van der Waals surface area contributed by atoms with Crippen molar-refractivity contribution < 1.29 is 19.2 Å². The Morgan fingerprint density at radius 3 is 1.58 bits per heavy atom. The number of rotatable bonds is 4. The first kappa shape index (κ1) is 28.7. The van der Waals surface area contributed by atoms with Gasteiger partial charge in [-0.3, -0.25) is 24.1 Å². The van der Waals surface area contributed by atoms with Crippen LogP contribution in [-0.2, 0) is 0 Å². The number of anilines is 1. The highest BCUT2D eigenvalue weighted by molar-refractivity contribution is 6.41. The van der Waals surface area contributed by atoms with Crippen LogP contribution >= 0.6 is 0 Å². The van der Waals surface area contributed by atoms with Crippen molar-refractivity contribution in [3.05, 3.63) is 149 Å². The third kappa shape index (κ3) is 3.74. The van der Waals surface area contributed by atoms with E-state index >= 15 is 0 Å². The largest absolute Gasteiger partial charge is 0.315 e. The van der Waals surface area contributed by atoms with Crippen molar-refractivity contribution in [2.75, 3.05) is 11.9 Å². The van der Waals surface area contributed by atoms with Gasteiger partial charge in [0.05, 0.1) is 0 Å². The molecule has 2 aliphatic heterocycles. The van der Waals surface area contributed by atoms with Crippen molar-refractivity contribution in [1.82, 2.24) is 9.80 Å². The molecule has 50 heavy (non-hydrogen) atoms. The van der Waals surface area contributed by atoms with Crippen molar-refractivity contribution >= 4 is 72.4 Å². The summed E-state index contributed by atoms with van der Waals surface area (Å²) in [5, 5.41) is 6.50. The van der Waals surface area contributed by atoms with E-state index in [-0.39, 0.29) is 23.6 Å². The standard InChI is InChI=1S/C43H29N3O4/c1-44-40(47)32-20-16-28-30-18-22-34-39-35(23-19-31(37(30)39)29-17-21-33(41(44)48)38(32)36(28)29)43(50)46(42(34)49)27-14-12-26(13-15-27)45(24-8-4-2-5-9-24)25-10-6-3-7-11-25/h2,4-6,8-12,14,16-23H,3,7,13,15H2,1H3. The van der Waals surface area contributed by atoms with Crippen LogP contribution in [0.4, 0.5) is 5.69 Å². The number of hydrogen-bond donors (Lipinski definition) is 0. The highest BCUT2D eigenvalue weighted by Gasteiger charge is 2.38. The van der Waals surface area contributed by atoms with Crippen LogP contribution in [0, 0.1) is 0 Å². The number of para-hydroxylation sites is 1. The number of allylic oxidation sites excluding steroid dienone is 7. The Morgan fingerprint density at radius 2 is 1.10 bits per heavy atom. The fraction of sp³-hybridized carbons (Fsp3) is 0.116. The number of carbonyl (C=O) groups excluding carboxylic acids is 4. The lowest BCUT2D eigenvalue weighted by Crippen LogP contribution is -2.40. The molecular formula is C43H29N3O4. The van der Waals surface area contributed by atoms with E-state index in [0.717, 1.165) is 67.1 Å². The summed E-state index contributed by atoms with van der Waals surface area (Å²) in [6.07, 6.45) is 13.8. The summed E-state index contributed by atoms with van der Waals surface area (Å²) < 4.78 is 0. The number of imide groups is 2. The molecule has 4 aliphatic rings. The number of fused-ring (bicyclic) bond motifs is 2. The van der Waals surface area contributed by atoms with Crippen LogP contribution in [0.5, 0.6) is 0 Å². The van der Waals surface area contributed by atoms with Crippen LogP contribution in [0.15, 0.2) is 126 Å². The maximum absolute atomic E-state index is 14.3. The highest BCUT2D eigenvalue weighted by Crippen LogP contribution is 2.47. The number of amides is 4. The summed E-state index contributed by atoms with van der Waals surface area (Å²) in [5.41, 5.74) is 5.93. The molecule has 0 spiro atoms. The SMILES string of the molecule is CN1C(=O)c2ccc3c4ccc5c6c(ccc(c7ccc(c2c37)C1=O)c64)C(=O)N(C1=CC=C(N(C2=CCCC=C2)c2ccccc2)CC1)C5=O. The molecule has 240 valence electrons. The second-order valence-electron chi connectivity index (χ2n) is 13.4. The first-order chi connectivity index (χ1) is 24.4. The molecule has 7 nitrogen and oxygen atoms in total. The van der Waals surface area contributed by atoms with E-state index in [1.54, 1.807) is 12.1 Å². The normalized spacial score (nSPS) is 17.3. The zero-order valence-electron chi connectivity index (χ0n) is 27.2. The van der Waals surface area contributed by atoms with Crippen LogP contribution in [0.3, 0.4) is 0 Å². The fourth-order valence-electron chi connectivity index (χ4n) is 8.46. The lowest BCUT2D eigenvalue weighted by atomic mass is 9.82. The molecule has 0 atom stereocenters. The maximum Gasteiger partial charge on any atom is 0.265 e. The van der Waals surface area contributed by atoms with Crippen molar-refractivity contribution in [2.24, 2.45) is 0 Å². The summed E-state index contributed by atoms with van der Waals surface area (Å²) in [6, 6.07) is 25.2. The monoisotopic (exact) mass is 651 g/mol. The molecule has 2 heterocycles. The third-order valence-corrected chi connectivity index (χ3v) is 10.8. The Balaban J connectivity index is 1.11. The quantitative estimate of drug-likeness (QED) is 0.108. The van der Waals surface area contributed by atoms with Gasteiger partial charge in [0.25, 0.3) is 23.6 Å². The molecule has 2 aliphatic carbocycles. The van der Waals surface area contributed by atoms with Crippen LogP contribution in [-0.4, -0.2) is 40.5 Å². The van der Waals surface area contributed by atoms with Crippen molar-refractivity contribution in [3.63, 3.8) is 0 Å². The van der Waals surface area contributed by atoms with E-state index in [0.29, 0.717) is 51.6 Å². The minimum absolute atomic E-state index is 0.326. The molecule has 6 aromatic carbocycles. The van der Waals surface area contributed by atoms with E-state index in [1.165, 1.54) is 11.9 Å². The molecular weight excluding hydrogens is 622 g/mol. The maximum atomic E-state index is 14.3. The van der Waals surface area contributed by atoms with Crippen molar-refractivity contribution in [2.45, 2.75) is 25.7 Å². The summed E-state index contributed by atoms with van der Waals surface area (Å²) >= 11 is 0. The van der Waals surface area contributed by atoms with E-state index in [1.807, 2.05) is 66.7 Å². The zero-order valence-corrected chi connectivity index (χ0v) is 27.2. The van der Waals surface area contributed by atoms with Gasteiger partial charge in [0.1, 0.15) is 0 Å². The van der Waals surface area contributed by atoms with Gasteiger partial charge < -0.3 is 4.90 Å². The molecule has 0 saturated heterocycles. The molecule has 0 bridgehead atoms. The minimum atomic E-state index is -0.331. The van der Waals surface area contributed by atoms with Gasteiger partial charge in [-0.25, -0.2) is 4.90 Å². The predicted molar refractivity (Wildman–Crippen MR) is 195 cm³/mol. The smallest absolute Gasteiger partial charge is 0.265 e. The van der Waals surface area contributed by atoms with E-state index in [9.17, 15) is 19.2 Å². The van der Waals surface area contributed by atoms with Crippen LogP contribution in [0.1, 0.15) is 67.1 Å². The van der Waals surface area contributed by atoms with E-state index < -0.39 is 0 Å². The Morgan fingerprint density at radius 1 is 0.560 bits per heavy atom. The summed E-state index contributed by atoms with van der Waals surface area (Å²) in [7, 11) is 1.51. The topological polar surface area (TPSA) is 78.0 Å². The second-order valence-corrected chi connectivity index (χ2v) is 13.4. The Hall–Kier alpha value is -6.34. The number of hydrogen-bond acceptors (Lipinski definition) is 5. The first-order valence-electron chi connectivity index (χ1n) is 17.0. The van der Waals surface area contributed by atoms with Crippen LogP contribution in [0.2, 0.25) is 0 Å².